The highest BCUT2D eigenvalue weighted by Gasteiger charge is 2.13. The summed E-state index contributed by atoms with van der Waals surface area (Å²) in [5.41, 5.74) is 2.20. The molecular formula is C13H14N5O3+. The Bertz CT molecular complexity index is 845. The molecule has 0 aliphatic heterocycles. The number of hydrogen-bond donors (Lipinski definition) is 2. The molecule has 0 unspecified atom stereocenters. The molecule has 3 rings (SSSR count). The predicted octanol–water partition coefficient (Wildman–Crippen LogP) is -0.472. The Labute approximate surface area is 119 Å². The highest BCUT2D eigenvalue weighted by molar-refractivity contribution is 5.74. The van der Waals surface area contributed by atoms with Crippen molar-refractivity contribution in [3.8, 4) is 0 Å². The van der Waals surface area contributed by atoms with Gasteiger partial charge in [0.1, 0.15) is 5.65 Å². The Morgan fingerprint density at radius 1 is 1.57 bits per heavy atom. The van der Waals surface area contributed by atoms with Crippen LogP contribution in [0.5, 0.6) is 0 Å². The zero-order chi connectivity index (χ0) is 14.8. The molecule has 0 aliphatic carbocycles. The third-order valence-corrected chi connectivity index (χ3v) is 2.97. The number of imidazole rings is 1. The third-order valence-electron chi connectivity index (χ3n) is 2.97. The molecule has 0 bridgehead atoms. The van der Waals surface area contributed by atoms with Crippen LogP contribution in [0.15, 0.2) is 40.0 Å². The summed E-state index contributed by atoms with van der Waals surface area (Å²) in [5, 5.41) is 5.04. The highest BCUT2D eigenvalue weighted by atomic mass is 16.5. The van der Waals surface area contributed by atoms with E-state index >= 15 is 0 Å². The number of pyridine rings is 1. The summed E-state index contributed by atoms with van der Waals surface area (Å²) in [6, 6.07) is 3.96. The summed E-state index contributed by atoms with van der Waals surface area (Å²) in [5.74, 6) is -0.245. The van der Waals surface area contributed by atoms with Gasteiger partial charge in [0.2, 0.25) is 0 Å². The van der Waals surface area contributed by atoms with E-state index in [1.807, 2.05) is 35.9 Å². The van der Waals surface area contributed by atoms with Crippen LogP contribution in [0.1, 0.15) is 11.3 Å². The van der Waals surface area contributed by atoms with Crippen molar-refractivity contribution in [2.24, 2.45) is 0 Å². The Morgan fingerprint density at radius 2 is 2.43 bits per heavy atom. The quantitative estimate of drug-likeness (QED) is 0.634. The number of amides is 1. The molecular weight excluding hydrogens is 274 g/mol. The van der Waals surface area contributed by atoms with E-state index in [9.17, 15) is 9.59 Å². The number of rotatable bonds is 4. The average molecular weight is 288 g/mol. The zero-order valence-corrected chi connectivity index (χ0v) is 11.4. The number of nitrogens with zero attached hydrogens (tertiary/aromatic N) is 3. The van der Waals surface area contributed by atoms with Crippen molar-refractivity contribution < 1.29 is 14.0 Å². The van der Waals surface area contributed by atoms with E-state index < -0.39 is 5.63 Å². The van der Waals surface area contributed by atoms with Gasteiger partial charge in [-0.1, -0.05) is 4.68 Å². The number of fused-ring (bicyclic) bond motifs is 1. The lowest BCUT2D eigenvalue weighted by atomic mass is 10.3. The molecule has 0 saturated heterocycles. The first-order valence-electron chi connectivity index (χ1n) is 6.39. The van der Waals surface area contributed by atoms with Crippen LogP contribution < -0.4 is 15.6 Å². The Morgan fingerprint density at radius 3 is 3.19 bits per heavy atom. The van der Waals surface area contributed by atoms with Crippen LogP contribution in [-0.2, 0) is 17.9 Å². The molecule has 3 aromatic rings. The summed E-state index contributed by atoms with van der Waals surface area (Å²) in [4.78, 5) is 27.0. The number of H-pyrrole nitrogens is 1. The topological polar surface area (TPSA) is 96.3 Å². The van der Waals surface area contributed by atoms with Gasteiger partial charge in [-0.3, -0.25) is 9.32 Å². The predicted molar refractivity (Wildman–Crippen MR) is 71.3 cm³/mol. The molecule has 3 heterocycles. The van der Waals surface area contributed by atoms with Gasteiger partial charge in [-0.25, -0.2) is 9.78 Å². The average Bonchev–Trinajstić information content (AvgIpc) is 3.02. The number of carbonyl (C=O) groups is 1. The van der Waals surface area contributed by atoms with Crippen molar-refractivity contribution in [3.05, 3.63) is 52.4 Å². The number of nitrogens with one attached hydrogen (secondary N) is 2. The van der Waals surface area contributed by atoms with Crippen molar-refractivity contribution in [3.63, 3.8) is 0 Å². The van der Waals surface area contributed by atoms with E-state index in [0.717, 1.165) is 16.9 Å². The molecule has 0 aliphatic rings. The number of aromatic nitrogens is 4. The van der Waals surface area contributed by atoms with Crippen molar-refractivity contribution in [1.82, 2.24) is 20.0 Å². The summed E-state index contributed by atoms with van der Waals surface area (Å²) in [6.45, 7) is 2.31. The first-order valence-corrected chi connectivity index (χ1v) is 6.39. The van der Waals surface area contributed by atoms with Gasteiger partial charge in [0.15, 0.2) is 0 Å². The Kier molecular flexibility index (Phi) is 3.27. The summed E-state index contributed by atoms with van der Waals surface area (Å²) < 4.78 is 7.63. The minimum Gasteiger partial charge on any atom is -0.345 e. The van der Waals surface area contributed by atoms with Crippen molar-refractivity contribution in [2.45, 2.75) is 20.0 Å². The van der Waals surface area contributed by atoms with Gasteiger partial charge < -0.3 is 9.72 Å². The van der Waals surface area contributed by atoms with Crippen LogP contribution in [0.4, 0.5) is 0 Å². The fourth-order valence-electron chi connectivity index (χ4n) is 1.98. The van der Waals surface area contributed by atoms with Crippen molar-refractivity contribution in [1.29, 1.82) is 0 Å². The lowest BCUT2D eigenvalue weighted by Crippen LogP contribution is -2.44. The minimum atomic E-state index is -0.529. The summed E-state index contributed by atoms with van der Waals surface area (Å²) in [7, 11) is 0. The van der Waals surface area contributed by atoms with Gasteiger partial charge in [-0.15, -0.1) is 0 Å². The summed E-state index contributed by atoms with van der Waals surface area (Å²) >= 11 is 0. The van der Waals surface area contributed by atoms with Gasteiger partial charge in [0.05, 0.1) is 12.2 Å². The van der Waals surface area contributed by atoms with Gasteiger partial charge in [0.25, 0.3) is 18.6 Å². The second-order valence-corrected chi connectivity index (χ2v) is 4.75. The maximum Gasteiger partial charge on any atom is 0.426 e. The molecule has 2 N–H and O–H groups in total. The second kappa shape index (κ2) is 5.23. The smallest absolute Gasteiger partial charge is 0.345 e. The molecule has 0 atom stereocenters. The van der Waals surface area contributed by atoms with Crippen LogP contribution in [0.2, 0.25) is 0 Å². The lowest BCUT2D eigenvalue weighted by molar-refractivity contribution is -0.751. The maximum absolute atomic E-state index is 11.7. The van der Waals surface area contributed by atoms with E-state index in [4.69, 9.17) is 0 Å². The molecule has 1 amide bonds. The number of carbonyl (C=O) groups excluding carboxylic acids is 1. The minimum absolute atomic E-state index is 0.0157. The van der Waals surface area contributed by atoms with E-state index in [1.54, 1.807) is 0 Å². The molecule has 0 spiro atoms. The largest absolute Gasteiger partial charge is 0.426 e. The van der Waals surface area contributed by atoms with E-state index in [-0.39, 0.29) is 12.5 Å². The molecule has 108 valence electrons. The number of aryl methyl sites for hydroxylation is 1. The van der Waals surface area contributed by atoms with Crippen LogP contribution in [0, 0.1) is 6.92 Å². The van der Waals surface area contributed by atoms with Crippen molar-refractivity contribution in [2.75, 3.05) is 0 Å². The number of hydrogen-bond acceptors (Lipinski definition) is 4. The monoisotopic (exact) mass is 288 g/mol. The zero-order valence-electron chi connectivity index (χ0n) is 11.4. The standard InChI is InChI=1S/C13H13N5O3/c1-9-2-3-17-6-10(15-11(17)4-9)5-14-12(19)7-18-8-13(20)21-16-18/h2-4,6,8H,5,7H2,1H3,(H-,14,16,19,20)/p+1. The molecule has 0 aromatic carbocycles. The Hall–Kier alpha value is -2.90. The van der Waals surface area contributed by atoms with E-state index in [2.05, 4.69) is 20.1 Å². The normalized spacial score (nSPS) is 10.9. The third kappa shape index (κ3) is 2.99. The van der Waals surface area contributed by atoms with Crippen molar-refractivity contribution >= 4 is 11.6 Å². The summed E-state index contributed by atoms with van der Waals surface area (Å²) in [6.07, 6.45) is 4.96. The number of aromatic amines is 1. The first kappa shape index (κ1) is 13.1. The molecule has 8 heteroatoms. The van der Waals surface area contributed by atoms with Crippen LogP contribution in [0.25, 0.3) is 5.65 Å². The van der Waals surface area contributed by atoms with Crippen LogP contribution >= 0.6 is 0 Å². The van der Waals surface area contributed by atoms with Gasteiger partial charge in [0, 0.05) is 12.4 Å². The SMILES string of the molecule is Cc1ccn2cc(CNC(=O)C[n+]3cc(=O)o[nH]3)nc2c1. The van der Waals surface area contributed by atoms with E-state index in [0.29, 0.717) is 6.54 Å². The maximum atomic E-state index is 11.7. The second-order valence-electron chi connectivity index (χ2n) is 4.75. The molecule has 0 radical (unpaired) electrons. The fourth-order valence-corrected chi connectivity index (χ4v) is 1.98. The molecule has 0 fully saturated rings. The van der Waals surface area contributed by atoms with Crippen LogP contribution in [-0.4, -0.2) is 20.6 Å². The lowest BCUT2D eigenvalue weighted by Gasteiger charge is -1.97. The Balaban J connectivity index is 1.63. The first-order chi connectivity index (χ1) is 10.1. The molecule has 3 aromatic heterocycles. The van der Waals surface area contributed by atoms with Gasteiger partial charge >= 0.3 is 5.63 Å². The van der Waals surface area contributed by atoms with Gasteiger partial charge in [-0.05, 0) is 29.9 Å². The molecule has 8 nitrogen and oxygen atoms in total. The highest BCUT2D eigenvalue weighted by Crippen LogP contribution is 2.07. The fraction of sp³-hybridized carbons (Fsp3) is 0.231. The van der Waals surface area contributed by atoms with E-state index in [1.165, 1.54) is 10.9 Å². The van der Waals surface area contributed by atoms with Gasteiger partial charge in [-0.2, -0.15) is 0 Å². The molecule has 0 saturated carbocycles. The molecule has 21 heavy (non-hydrogen) atoms. The van der Waals surface area contributed by atoms with Crippen LogP contribution in [0.3, 0.4) is 0 Å².